The Labute approximate surface area is 165 Å². The molecule has 3 aromatic rings. The van der Waals surface area contributed by atoms with Crippen LogP contribution in [-0.4, -0.2) is 32.1 Å². The number of aromatic nitrogens is 3. The molecule has 1 aliphatic heterocycles. The molecule has 0 atom stereocenters. The molecule has 3 heterocycles. The third kappa shape index (κ3) is 3.74. The molecular formula is C21H19F3N4O. The number of rotatable bonds is 2. The molecule has 8 heteroatoms. The average molecular weight is 400 g/mol. The van der Waals surface area contributed by atoms with Gasteiger partial charge in [0, 0.05) is 42.7 Å². The zero-order valence-electron chi connectivity index (χ0n) is 15.8. The van der Waals surface area contributed by atoms with E-state index in [-0.39, 0.29) is 5.56 Å². The fourth-order valence-electron chi connectivity index (χ4n) is 3.69. The van der Waals surface area contributed by atoms with E-state index < -0.39 is 17.6 Å². The molecule has 150 valence electrons. The average Bonchev–Trinajstić information content (AvgIpc) is 2.89. The smallest absolute Gasteiger partial charge is 0.333 e. The third-order valence-corrected chi connectivity index (χ3v) is 5.13. The van der Waals surface area contributed by atoms with Gasteiger partial charge in [0.15, 0.2) is 0 Å². The van der Waals surface area contributed by atoms with E-state index in [2.05, 4.69) is 10.1 Å². The minimum Gasteiger partial charge on any atom is -0.333 e. The summed E-state index contributed by atoms with van der Waals surface area (Å²) in [5, 5.41) is 4.61. The molecule has 0 fully saturated rings. The van der Waals surface area contributed by atoms with Crippen molar-refractivity contribution >= 4 is 5.91 Å². The fourth-order valence-corrected chi connectivity index (χ4v) is 3.69. The number of fused-ring (bicyclic) bond motifs is 1. The molecule has 0 radical (unpaired) electrons. The van der Waals surface area contributed by atoms with E-state index in [9.17, 15) is 18.0 Å². The SMILES string of the molecule is Cn1nc(-c2cccnc2)c2c1CN(C(=O)c1cccc(C(F)(F)F)c1)CCC2. The number of hydrogen-bond donors (Lipinski definition) is 0. The number of halogens is 3. The van der Waals surface area contributed by atoms with Crippen LogP contribution in [0, 0.1) is 0 Å². The van der Waals surface area contributed by atoms with Gasteiger partial charge in [0.25, 0.3) is 5.91 Å². The number of pyridine rings is 1. The van der Waals surface area contributed by atoms with Crippen molar-refractivity contribution in [2.75, 3.05) is 6.54 Å². The number of benzene rings is 1. The van der Waals surface area contributed by atoms with Crippen LogP contribution in [0.4, 0.5) is 13.2 Å². The summed E-state index contributed by atoms with van der Waals surface area (Å²) in [6.45, 7) is 0.768. The molecule has 0 bridgehead atoms. The number of amides is 1. The van der Waals surface area contributed by atoms with Gasteiger partial charge >= 0.3 is 6.18 Å². The van der Waals surface area contributed by atoms with Crippen molar-refractivity contribution in [2.24, 2.45) is 7.05 Å². The summed E-state index contributed by atoms with van der Waals surface area (Å²) in [6.07, 6.45) is 0.402. The van der Waals surface area contributed by atoms with Crippen LogP contribution in [0.3, 0.4) is 0 Å². The van der Waals surface area contributed by atoms with Crippen LogP contribution < -0.4 is 0 Å². The van der Waals surface area contributed by atoms with Crippen LogP contribution >= 0.6 is 0 Å². The summed E-state index contributed by atoms with van der Waals surface area (Å²) in [4.78, 5) is 18.7. The van der Waals surface area contributed by atoms with E-state index in [1.54, 1.807) is 22.0 Å². The van der Waals surface area contributed by atoms with Crippen LogP contribution in [-0.2, 0) is 26.2 Å². The van der Waals surface area contributed by atoms with Crippen molar-refractivity contribution in [3.8, 4) is 11.3 Å². The van der Waals surface area contributed by atoms with Crippen LogP contribution in [0.2, 0.25) is 0 Å². The Morgan fingerprint density at radius 3 is 2.72 bits per heavy atom. The molecule has 2 aromatic heterocycles. The van der Waals surface area contributed by atoms with Crippen LogP contribution in [0.1, 0.15) is 33.6 Å². The summed E-state index contributed by atoms with van der Waals surface area (Å²) in [5.41, 5.74) is 2.91. The van der Waals surface area contributed by atoms with Gasteiger partial charge in [0.1, 0.15) is 0 Å². The van der Waals surface area contributed by atoms with Gasteiger partial charge in [-0.1, -0.05) is 6.07 Å². The normalized spacial score (nSPS) is 14.4. The second-order valence-corrected chi connectivity index (χ2v) is 7.05. The molecule has 1 aromatic carbocycles. The molecule has 29 heavy (non-hydrogen) atoms. The van der Waals surface area contributed by atoms with Crippen molar-refractivity contribution in [3.63, 3.8) is 0 Å². The van der Waals surface area contributed by atoms with Gasteiger partial charge in [-0.25, -0.2) is 0 Å². The number of alkyl halides is 3. The van der Waals surface area contributed by atoms with Crippen molar-refractivity contribution in [1.82, 2.24) is 19.7 Å². The summed E-state index contributed by atoms with van der Waals surface area (Å²) >= 11 is 0. The molecule has 0 unspecified atom stereocenters. The van der Waals surface area contributed by atoms with Gasteiger partial charge < -0.3 is 4.90 Å². The predicted octanol–water partition coefficient (Wildman–Crippen LogP) is 4.09. The molecule has 0 aliphatic carbocycles. The number of carbonyl (C=O) groups excluding carboxylic acids is 1. The van der Waals surface area contributed by atoms with Gasteiger partial charge in [-0.3, -0.25) is 14.5 Å². The maximum absolute atomic E-state index is 13.0. The molecular weight excluding hydrogens is 381 g/mol. The monoisotopic (exact) mass is 400 g/mol. The van der Waals surface area contributed by atoms with E-state index in [1.165, 1.54) is 12.1 Å². The van der Waals surface area contributed by atoms with E-state index in [0.717, 1.165) is 41.1 Å². The zero-order valence-corrected chi connectivity index (χ0v) is 15.8. The molecule has 0 saturated carbocycles. The quantitative estimate of drug-likeness (QED) is 0.651. The molecule has 1 amide bonds. The fraction of sp³-hybridized carbons (Fsp3) is 0.286. The van der Waals surface area contributed by atoms with Gasteiger partial charge in [0.05, 0.1) is 23.5 Å². The minimum atomic E-state index is -4.48. The van der Waals surface area contributed by atoms with Crippen molar-refractivity contribution < 1.29 is 18.0 Å². The van der Waals surface area contributed by atoms with E-state index >= 15 is 0 Å². The standard InChI is InChI=1S/C21H19F3N4O/c1-27-18-13-28(20(29)14-5-2-7-16(11-14)21(22,23)24)10-4-8-17(18)19(26-27)15-6-3-9-25-12-15/h2-3,5-7,9,11-12H,4,8,10,13H2,1H3. The number of aryl methyl sites for hydroxylation is 1. The Hall–Kier alpha value is -3.16. The summed E-state index contributed by atoms with van der Waals surface area (Å²) in [5.74, 6) is -0.409. The molecule has 5 nitrogen and oxygen atoms in total. The Kier molecular flexibility index (Phi) is 4.86. The van der Waals surface area contributed by atoms with Crippen molar-refractivity contribution in [2.45, 2.75) is 25.6 Å². The minimum absolute atomic E-state index is 0.0397. The molecule has 0 N–H and O–H groups in total. The summed E-state index contributed by atoms with van der Waals surface area (Å²) in [6, 6.07) is 8.36. The first-order valence-corrected chi connectivity index (χ1v) is 9.26. The molecule has 1 aliphatic rings. The van der Waals surface area contributed by atoms with Gasteiger partial charge in [-0.15, -0.1) is 0 Å². The van der Waals surface area contributed by atoms with Crippen LogP contribution in [0.25, 0.3) is 11.3 Å². The first-order valence-electron chi connectivity index (χ1n) is 9.26. The Balaban J connectivity index is 1.65. The zero-order chi connectivity index (χ0) is 20.6. The third-order valence-electron chi connectivity index (χ3n) is 5.13. The number of nitrogens with zero attached hydrogens (tertiary/aromatic N) is 4. The first-order chi connectivity index (χ1) is 13.8. The summed E-state index contributed by atoms with van der Waals surface area (Å²) < 4.78 is 40.8. The second-order valence-electron chi connectivity index (χ2n) is 7.05. The predicted molar refractivity (Wildman–Crippen MR) is 101 cm³/mol. The van der Waals surface area contributed by atoms with Crippen molar-refractivity contribution in [3.05, 3.63) is 71.2 Å². The van der Waals surface area contributed by atoms with Gasteiger partial charge in [-0.2, -0.15) is 18.3 Å². The van der Waals surface area contributed by atoms with E-state index in [4.69, 9.17) is 0 Å². The maximum Gasteiger partial charge on any atom is 0.416 e. The van der Waals surface area contributed by atoms with E-state index in [0.29, 0.717) is 19.5 Å². The first kappa shape index (κ1) is 19.2. The lowest BCUT2D eigenvalue weighted by Crippen LogP contribution is -2.31. The highest BCUT2D eigenvalue weighted by Gasteiger charge is 2.32. The van der Waals surface area contributed by atoms with Gasteiger partial charge in [-0.05, 0) is 43.2 Å². The molecule has 0 spiro atoms. The highest BCUT2D eigenvalue weighted by molar-refractivity contribution is 5.94. The lowest BCUT2D eigenvalue weighted by atomic mass is 10.0. The lowest BCUT2D eigenvalue weighted by molar-refractivity contribution is -0.137. The Bertz CT molecular complexity index is 1040. The Morgan fingerprint density at radius 2 is 2.00 bits per heavy atom. The largest absolute Gasteiger partial charge is 0.416 e. The number of carbonyl (C=O) groups is 1. The number of hydrogen-bond acceptors (Lipinski definition) is 3. The Morgan fingerprint density at radius 1 is 1.17 bits per heavy atom. The topological polar surface area (TPSA) is 51.0 Å². The second kappa shape index (κ2) is 7.35. The highest BCUT2D eigenvalue weighted by Crippen LogP contribution is 2.31. The van der Waals surface area contributed by atoms with Crippen LogP contribution in [0.5, 0.6) is 0 Å². The maximum atomic E-state index is 13.0. The van der Waals surface area contributed by atoms with Crippen molar-refractivity contribution in [1.29, 1.82) is 0 Å². The highest BCUT2D eigenvalue weighted by atomic mass is 19.4. The van der Waals surface area contributed by atoms with Gasteiger partial charge in [0.2, 0.25) is 0 Å². The lowest BCUT2D eigenvalue weighted by Gasteiger charge is -2.21. The summed E-state index contributed by atoms with van der Waals surface area (Å²) in [7, 11) is 1.82. The molecule has 4 rings (SSSR count). The molecule has 0 saturated heterocycles. The van der Waals surface area contributed by atoms with Crippen LogP contribution in [0.15, 0.2) is 48.8 Å². The van der Waals surface area contributed by atoms with E-state index in [1.807, 2.05) is 19.2 Å².